The van der Waals surface area contributed by atoms with Crippen LogP contribution in [0.15, 0.2) is 66.9 Å². The van der Waals surface area contributed by atoms with Gasteiger partial charge in [0.2, 0.25) is 0 Å². The van der Waals surface area contributed by atoms with Crippen molar-refractivity contribution in [2.45, 2.75) is 0 Å². The van der Waals surface area contributed by atoms with Gasteiger partial charge in [-0.2, -0.15) is 5.26 Å². The molecule has 0 aliphatic carbocycles. The van der Waals surface area contributed by atoms with Gasteiger partial charge in [0, 0.05) is 17.1 Å². The van der Waals surface area contributed by atoms with Crippen molar-refractivity contribution in [3.63, 3.8) is 0 Å². The normalized spacial score (nSPS) is 10.6. The van der Waals surface area contributed by atoms with Crippen molar-refractivity contribution < 1.29 is 5.11 Å². The number of hydrogen-bond donors (Lipinski definition) is 2. The molecule has 0 radical (unpaired) electrons. The summed E-state index contributed by atoms with van der Waals surface area (Å²) in [6, 6.07) is 21.0. The van der Waals surface area contributed by atoms with Crippen molar-refractivity contribution >= 4 is 11.0 Å². The summed E-state index contributed by atoms with van der Waals surface area (Å²) in [5.41, 5.74) is 4.95. The second-order valence-corrected chi connectivity index (χ2v) is 5.52. The molecule has 0 unspecified atom stereocenters. The summed E-state index contributed by atoms with van der Waals surface area (Å²) >= 11 is 0. The summed E-state index contributed by atoms with van der Waals surface area (Å²) in [6.45, 7) is 0. The molecule has 2 aromatic carbocycles. The van der Waals surface area contributed by atoms with Crippen LogP contribution in [-0.4, -0.2) is 15.1 Å². The van der Waals surface area contributed by atoms with Crippen LogP contribution in [0.5, 0.6) is 5.75 Å². The van der Waals surface area contributed by atoms with E-state index in [4.69, 9.17) is 0 Å². The summed E-state index contributed by atoms with van der Waals surface area (Å²) in [7, 11) is 0. The van der Waals surface area contributed by atoms with E-state index in [1.807, 2.05) is 42.5 Å². The lowest BCUT2D eigenvalue weighted by molar-refractivity contribution is 0.475. The number of hydrogen-bond acceptors (Lipinski definition) is 3. The van der Waals surface area contributed by atoms with Gasteiger partial charge in [0.05, 0.1) is 11.3 Å². The lowest BCUT2D eigenvalue weighted by Crippen LogP contribution is -1.83. The number of nitrogens with zero attached hydrogens (tertiary/aromatic N) is 2. The minimum absolute atomic E-state index is 0.199. The Morgan fingerprint density at radius 2 is 1.75 bits per heavy atom. The number of phenolic OH excluding ortho intramolecular Hbond substituents is 1. The van der Waals surface area contributed by atoms with Crippen LogP contribution in [0.1, 0.15) is 5.56 Å². The van der Waals surface area contributed by atoms with Crippen LogP contribution in [-0.2, 0) is 0 Å². The fraction of sp³-hybridized carbons (Fsp3) is 0. The van der Waals surface area contributed by atoms with Gasteiger partial charge in [0.15, 0.2) is 0 Å². The first-order chi connectivity index (χ1) is 11.8. The van der Waals surface area contributed by atoms with Gasteiger partial charge in [-0.1, -0.05) is 42.5 Å². The van der Waals surface area contributed by atoms with E-state index in [-0.39, 0.29) is 5.75 Å². The molecule has 0 fully saturated rings. The maximum atomic E-state index is 9.87. The van der Waals surface area contributed by atoms with Gasteiger partial charge in [-0.25, -0.2) is 4.98 Å². The van der Waals surface area contributed by atoms with Gasteiger partial charge in [-0.15, -0.1) is 0 Å². The van der Waals surface area contributed by atoms with E-state index in [1.165, 1.54) is 0 Å². The summed E-state index contributed by atoms with van der Waals surface area (Å²) in [4.78, 5) is 7.71. The molecule has 114 valence electrons. The Balaban J connectivity index is 2.09. The van der Waals surface area contributed by atoms with Gasteiger partial charge >= 0.3 is 0 Å². The van der Waals surface area contributed by atoms with Crippen LogP contribution in [0.25, 0.3) is 33.4 Å². The van der Waals surface area contributed by atoms with Crippen molar-refractivity contribution in [1.82, 2.24) is 9.97 Å². The van der Waals surface area contributed by atoms with E-state index >= 15 is 0 Å². The molecule has 0 amide bonds. The molecule has 24 heavy (non-hydrogen) atoms. The Labute approximate surface area is 138 Å². The van der Waals surface area contributed by atoms with Crippen LogP contribution in [0, 0.1) is 11.3 Å². The first-order valence-electron chi connectivity index (χ1n) is 7.53. The minimum atomic E-state index is 0.199. The van der Waals surface area contributed by atoms with Crippen molar-refractivity contribution in [3.8, 4) is 34.2 Å². The maximum Gasteiger partial charge on any atom is 0.138 e. The molecule has 4 rings (SSSR count). The lowest BCUT2D eigenvalue weighted by Gasteiger charge is -2.06. The number of phenols is 1. The second kappa shape index (κ2) is 5.56. The Morgan fingerprint density at radius 3 is 2.50 bits per heavy atom. The highest BCUT2D eigenvalue weighted by Gasteiger charge is 2.16. The molecule has 0 aliphatic heterocycles. The van der Waals surface area contributed by atoms with Crippen molar-refractivity contribution in [2.75, 3.05) is 0 Å². The van der Waals surface area contributed by atoms with Crippen LogP contribution < -0.4 is 0 Å². The number of H-pyrrole nitrogens is 1. The van der Waals surface area contributed by atoms with Gasteiger partial charge in [0.1, 0.15) is 17.5 Å². The number of rotatable bonds is 2. The predicted octanol–water partition coefficient (Wildman–Crippen LogP) is 4.47. The Morgan fingerprint density at radius 1 is 0.958 bits per heavy atom. The molecular formula is C20H13N3O. The van der Waals surface area contributed by atoms with Crippen LogP contribution in [0.4, 0.5) is 0 Å². The number of aromatic nitrogens is 2. The quantitative estimate of drug-likeness (QED) is 0.573. The average molecular weight is 311 g/mol. The number of nitrogens with one attached hydrogen (secondary N) is 1. The van der Waals surface area contributed by atoms with Gasteiger partial charge in [-0.05, 0) is 29.3 Å². The van der Waals surface area contributed by atoms with Crippen LogP contribution in [0.3, 0.4) is 0 Å². The fourth-order valence-corrected chi connectivity index (χ4v) is 2.91. The van der Waals surface area contributed by atoms with E-state index in [0.717, 1.165) is 27.8 Å². The predicted molar refractivity (Wildman–Crippen MR) is 93.3 cm³/mol. The number of nitriles is 1. The van der Waals surface area contributed by atoms with E-state index in [0.29, 0.717) is 11.2 Å². The van der Waals surface area contributed by atoms with E-state index in [1.54, 1.807) is 24.4 Å². The van der Waals surface area contributed by atoms with Crippen LogP contribution >= 0.6 is 0 Å². The lowest BCUT2D eigenvalue weighted by atomic mass is 9.98. The van der Waals surface area contributed by atoms with Crippen molar-refractivity contribution in [1.29, 1.82) is 5.26 Å². The van der Waals surface area contributed by atoms with Crippen LogP contribution in [0.2, 0.25) is 0 Å². The second-order valence-electron chi connectivity index (χ2n) is 5.52. The van der Waals surface area contributed by atoms with Crippen molar-refractivity contribution in [2.24, 2.45) is 0 Å². The molecule has 2 N–H and O–H groups in total. The zero-order chi connectivity index (χ0) is 16.5. The van der Waals surface area contributed by atoms with Gasteiger partial charge in [-0.3, -0.25) is 0 Å². The van der Waals surface area contributed by atoms with E-state index < -0.39 is 0 Å². The number of fused-ring (bicyclic) bond motifs is 1. The highest BCUT2D eigenvalue weighted by Crippen LogP contribution is 2.38. The molecule has 0 atom stereocenters. The third-order valence-corrected chi connectivity index (χ3v) is 3.98. The van der Waals surface area contributed by atoms with E-state index in [2.05, 4.69) is 16.0 Å². The SMILES string of the molecule is N#Cc1cnc2[nH]c(-c3ccccc3)c(-c3cccc(O)c3)c2c1. The third-order valence-electron chi connectivity index (χ3n) is 3.98. The van der Waals surface area contributed by atoms with Crippen molar-refractivity contribution in [3.05, 3.63) is 72.4 Å². The highest BCUT2D eigenvalue weighted by molar-refractivity contribution is 6.02. The summed E-state index contributed by atoms with van der Waals surface area (Å²) < 4.78 is 0. The number of pyridine rings is 1. The largest absolute Gasteiger partial charge is 0.508 e. The molecule has 0 bridgehead atoms. The molecule has 0 spiro atoms. The molecule has 4 heteroatoms. The Bertz CT molecular complexity index is 1080. The monoisotopic (exact) mass is 311 g/mol. The Hall–Kier alpha value is -3.58. The minimum Gasteiger partial charge on any atom is -0.508 e. The zero-order valence-electron chi connectivity index (χ0n) is 12.7. The number of aromatic amines is 1. The molecule has 2 heterocycles. The van der Waals surface area contributed by atoms with Gasteiger partial charge < -0.3 is 10.1 Å². The maximum absolute atomic E-state index is 9.87. The molecule has 0 saturated carbocycles. The fourth-order valence-electron chi connectivity index (χ4n) is 2.91. The molecule has 4 nitrogen and oxygen atoms in total. The summed E-state index contributed by atoms with van der Waals surface area (Å²) in [6.07, 6.45) is 1.56. The summed E-state index contributed by atoms with van der Waals surface area (Å²) in [5.74, 6) is 0.199. The molecular weight excluding hydrogens is 298 g/mol. The summed E-state index contributed by atoms with van der Waals surface area (Å²) in [5, 5.41) is 19.9. The third kappa shape index (κ3) is 2.29. The standard InChI is InChI=1S/C20H13N3O/c21-11-13-9-17-18(15-7-4-8-16(24)10-15)19(23-20(17)22-12-13)14-5-2-1-3-6-14/h1-10,12,24H,(H,22,23). The number of aromatic hydroxyl groups is 1. The highest BCUT2D eigenvalue weighted by atomic mass is 16.3. The first-order valence-corrected chi connectivity index (χ1v) is 7.53. The molecule has 0 saturated heterocycles. The Kier molecular flexibility index (Phi) is 3.25. The molecule has 2 aromatic heterocycles. The number of benzene rings is 2. The van der Waals surface area contributed by atoms with E-state index in [9.17, 15) is 10.4 Å². The molecule has 4 aromatic rings. The first kappa shape index (κ1) is 14.0. The topological polar surface area (TPSA) is 72.7 Å². The average Bonchev–Trinajstić information content (AvgIpc) is 3.01. The zero-order valence-corrected chi connectivity index (χ0v) is 12.7. The smallest absolute Gasteiger partial charge is 0.138 e. The van der Waals surface area contributed by atoms with Gasteiger partial charge in [0.25, 0.3) is 0 Å². The molecule has 0 aliphatic rings.